The maximum Gasteiger partial charge on any atom is 0.338 e. The number of hydrogen-bond acceptors (Lipinski definition) is 2. The van der Waals surface area contributed by atoms with E-state index in [-0.39, 0.29) is 5.56 Å². The second kappa shape index (κ2) is 2.69. The van der Waals surface area contributed by atoms with Crippen LogP contribution in [0.15, 0.2) is 12.4 Å². The maximum atomic E-state index is 12.7. The lowest BCUT2D eigenvalue weighted by Gasteiger charge is -1.99. The highest BCUT2D eigenvalue weighted by atomic mass is 19.1. The number of hydrogen-bond donors (Lipinski definition) is 1. The Hall–Kier alpha value is -1.39. The van der Waals surface area contributed by atoms with Crippen molar-refractivity contribution in [3.8, 4) is 0 Å². The van der Waals surface area contributed by atoms with Crippen molar-refractivity contribution in [2.24, 2.45) is 0 Å². The van der Waals surface area contributed by atoms with E-state index in [1.54, 1.807) is 0 Å². The monoisotopic (exact) mass is 153 g/mol. The summed E-state index contributed by atoms with van der Waals surface area (Å²) in [5.74, 6) is -2.06. The quantitative estimate of drug-likeness (QED) is 0.536. The molecule has 0 saturated carbocycles. The lowest BCUT2D eigenvalue weighted by molar-refractivity contribution is 0.0693. The van der Waals surface area contributed by atoms with Crippen molar-refractivity contribution < 1.29 is 14.3 Å². The lowest BCUT2D eigenvalue weighted by Crippen LogP contribution is -2.18. The molecule has 0 amide bonds. The van der Waals surface area contributed by atoms with Crippen LogP contribution in [0.5, 0.6) is 0 Å². The van der Waals surface area contributed by atoms with Crippen LogP contribution in [0.25, 0.3) is 0 Å². The van der Waals surface area contributed by atoms with E-state index in [0.717, 1.165) is 6.20 Å². The van der Waals surface area contributed by atoms with E-state index in [1.807, 2.05) is 0 Å². The number of aromatic carboxylic acids is 1. The van der Waals surface area contributed by atoms with Gasteiger partial charge in [0.25, 0.3) is 0 Å². The third kappa shape index (κ3) is 1.37. The second-order valence-corrected chi connectivity index (χ2v) is 2.12. The Morgan fingerprint density at radius 1 is 1.64 bits per heavy atom. The third-order valence-corrected chi connectivity index (χ3v) is 1.30. The number of rotatable bonds is 1. The third-order valence-electron chi connectivity index (χ3n) is 1.30. The van der Waals surface area contributed by atoms with Gasteiger partial charge in [-0.25, -0.2) is 9.18 Å². The number of aromatic nitrogens is 1. The van der Waals surface area contributed by atoms with E-state index in [2.05, 4.69) is 4.98 Å². The normalized spacial score (nSPS) is 9.55. The Bertz CT molecular complexity index is 282. The van der Waals surface area contributed by atoms with E-state index in [9.17, 15) is 9.18 Å². The van der Waals surface area contributed by atoms with Gasteiger partial charge in [-0.05, 0) is 0 Å². The first kappa shape index (κ1) is 7.72. The first-order valence-electron chi connectivity index (χ1n) is 2.96. The molecule has 56 valence electrons. The fraction of sp³-hybridized carbons (Fsp3) is 0. The van der Waals surface area contributed by atoms with E-state index in [1.165, 1.54) is 14.0 Å². The van der Waals surface area contributed by atoms with Crippen LogP contribution in [-0.4, -0.2) is 23.9 Å². The number of carboxylic acids is 1. The summed E-state index contributed by atoms with van der Waals surface area (Å²) in [6.07, 6.45) is 2.20. The minimum Gasteiger partial charge on any atom is -0.478 e. The Balaban J connectivity index is 3.32. The van der Waals surface area contributed by atoms with E-state index in [0.29, 0.717) is 5.46 Å². The first-order valence-corrected chi connectivity index (χ1v) is 2.96. The molecule has 1 rings (SSSR count). The average Bonchev–Trinajstić information content (AvgIpc) is 1.85. The van der Waals surface area contributed by atoms with Gasteiger partial charge in [0.2, 0.25) is 0 Å². The first-order chi connectivity index (χ1) is 5.13. The van der Waals surface area contributed by atoms with Crippen LogP contribution in [-0.2, 0) is 0 Å². The summed E-state index contributed by atoms with van der Waals surface area (Å²) in [4.78, 5) is 13.9. The van der Waals surface area contributed by atoms with E-state index < -0.39 is 11.8 Å². The van der Waals surface area contributed by atoms with Gasteiger partial charge in [0.05, 0.1) is 11.8 Å². The zero-order valence-electron chi connectivity index (χ0n) is 5.84. The molecule has 0 bridgehead atoms. The smallest absolute Gasteiger partial charge is 0.338 e. The van der Waals surface area contributed by atoms with Gasteiger partial charge < -0.3 is 5.11 Å². The van der Waals surface area contributed by atoms with Gasteiger partial charge in [0.15, 0.2) is 5.82 Å². The van der Waals surface area contributed by atoms with Crippen molar-refractivity contribution in [3.05, 3.63) is 23.8 Å². The number of carboxylic acid groups (broad SMARTS) is 1. The second-order valence-electron chi connectivity index (χ2n) is 2.12. The highest BCUT2D eigenvalue weighted by Crippen LogP contribution is 2.00. The fourth-order valence-corrected chi connectivity index (χ4v) is 0.803. The maximum absolute atomic E-state index is 12.7. The molecule has 0 unspecified atom stereocenters. The van der Waals surface area contributed by atoms with Crippen LogP contribution < -0.4 is 5.46 Å². The molecule has 0 aliphatic heterocycles. The fourth-order valence-electron chi connectivity index (χ4n) is 0.803. The van der Waals surface area contributed by atoms with Gasteiger partial charge in [-0.2, -0.15) is 0 Å². The van der Waals surface area contributed by atoms with Crippen molar-refractivity contribution in [1.82, 2.24) is 4.98 Å². The Morgan fingerprint density at radius 2 is 2.27 bits per heavy atom. The van der Waals surface area contributed by atoms with Crippen molar-refractivity contribution in [3.63, 3.8) is 0 Å². The van der Waals surface area contributed by atoms with Gasteiger partial charge in [-0.1, -0.05) is 5.46 Å². The molecular weight excluding hydrogens is 148 g/mol. The molecule has 0 aliphatic rings. The number of nitrogens with zero attached hydrogens (tertiary/aromatic N) is 1. The molecule has 1 aromatic heterocycles. The van der Waals surface area contributed by atoms with Crippen LogP contribution in [0.4, 0.5) is 4.39 Å². The van der Waals surface area contributed by atoms with Crippen molar-refractivity contribution in [1.29, 1.82) is 0 Å². The highest BCUT2D eigenvalue weighted by molar-refractivity contribution is 6.35. The molecule has 0 spiro atoms. The summed E-state index contributed by atoms with van der Waals surface area (Å²) in [6, 6.07) is 0. The zero-order chi connectivity index (χ0) is 8.43. The molecular formula is C6H5BFNO2. The molecule has 0 aliphatic carbocycles. The van der Waals surface area contributed by atoms with Gasteiger partial charge in [-0.15, -0.1) is 0 Å². The summed E-state index contributed by atoms with van der Waals surface area (Å²) < 4.78 is 12.7. The molecule has 11 heavy (non-hydrogen) atoms. The molecule has 1 N–H and O–H groups in total. The Morgan fingerprint density at radius 3 is 2.64 bits per heavy atom. The SMILES string of the molecule is Bc1cncc(F)c1C(=O)O. The average molecular weight is 153 g/mol. The van der Waals surface area contributed by atoms with Gasteiger partial charge in [0, 0.05) is 6.20 Å². The highest BCUT2D eigenvalue weighted by Gasteiger charge is 2.12. The summed E-state index contributed by atoms with van der Waals surface area (Å²) in [7, 11) is 1.50. The summed E-state index contributed by atoms with van der Waals surface area (Å²) in [5.41, 5.74) is 0.0255. The van der Waals surface area contributed by atoms with Crippen molar-refractivity contribution >= 4 is 19.3 Å². The minimum atomic E-state index is -1.26. The van der Waals surface area contributed by atoms with E-state index in [4.69, 9.17) is 5.11 Å². The lowest BCUT2D eigenvalue weighted by atomic mass is 9.93. The topological polar surface area (TPSA) is 50.2 Å². The Kier molecular flexibility index (Phi) is 1.89. The molecule has 1 aromatic rings. The van der Waals surface area contributed by atoms with Crippen LogP contribution in [0.3, 0.4) is 0 Å². The molecule has 0 fully saturated rings. The molecule has 0 radical (unpaired) electrons. The predicted molar refractivity (Wildman–Crippen MR) is 39.3 cm³/mol. The molecule has 1 heterocycles. The van der Waals surface area contributed by atoms with Crippen molar-refractivity contribution in [2.45, 2.75) is 0 Å². The van der Waals surface area contributed by atoms with Gasteiger partial charge >= 0.3 is 5.97 Å². The molecule has 5 heteroatoms. The van der Waals surface area contributed by atoms with Crippen molar-refractivity contribution in [2.75, 3.05) is 0 Å². The number of carbonyl (C=O) groups is 1. The molecule has 0 aromatic carbocycles. The van der Waals surface area contributed by atoms with Gasteiger partial charge in [0.1, 0.15) is 7.85 Å². The minimum absolute atomic E-state index is 0.306. The predicted octanol–water partition coefficient (Wildman–Crippen LogP) is -0.823. The summed E-state index contributed by atoms with van der Waals surface area (Å²) >= 11 is 0. The summed E-state index contributed by atoms with van der Waals surface area (Å²) in [6.45, 7) is 0. The molecule has 0 atom stereocenters. The number of pyridine rings is 1. The largest absolute Gasteiger partial charge is 0.478 e. The van der Waals surface area contributed by atoms with Gasteiger partial charge in [-0.3, -0.25) is 4.98 Å². The van der Waals surface area contributed by atoms with E-state index >= 15 is 0 Å². The summed E-state index contributed by atoms with van der Waals surface area (Å²) in [5, 5.41) is 8.48. The van der Waals surface area contributed by atoms with Crippen LogP contribution in [0.2, 0.25) is 0 Å². The standard InChI is InChI=1S/C6H5BFNO2/c7-3-1-9-2-4(8)5(3)6(10)11/h1-2H,7H2,(H,10,11). The number of halogens is 1. The van der Waals surface area contributed by atoms with Crippen LogP contribution in [0.1, 0.15) is 10.4 Å². The Labute approximate surface area is 63.3 Å². The van der Waals surface area contributed by atoms with Crippen LogP contribution in [0, 0.1) is 5.82 Å². The molecule has 0 saturated heterocycles. The molecule has 3 nitrogen and oxygen atoms in total. The van der Waals surface area contributed by atoms with Crippen LogP contribution >= 0.6 is 0 Å². The zero-order valence-corrected chi connectivity index (χ0v) is 5.84.